The van der Waals surface area contributed by atoms with Crippen molar-refractivity contribution in [3.63, 3.8) is 0 Å². The maximum Gasteiger partial charge on any atom is 0.199 e. The molecule has 21 heavy (non-hydrogen) atoms. The molecule has 0 heterocycles. The summed E-state index contributed by atoms with van der Waals surface area (Å²) in [5.74, 6) is -0.107. The summed E-state index contributed by atoms with van der Waals surface area (Å²) in [4.78, 5) is 11.6. The molecule has 0 aliphatic carbocycles. The SMILES string of the molecule is Nc1ccc(NC(=O)[c-]2cccc2)cc1.[Fe].[cH-]1[cH-][cH-][cH-][cH-]1. The zero-order chi connectivity index (χ0) is 14.2. The van der Waals surface area contributed by atoms with Gasteiger partial charge < -0.3 is 41.4 Å². The second kappa shape index (κ2) is 8.80. The van der Waals surface area contributed by atoms with E-state index in [1.807, 2.05) is 42.5 Å². The van der Waals surface area contributed by atoms with Crippen molar-refractivity contribution in [2.24, 2.45) is 0 Å². The normalized spacial score (nSPS) is 8.95. The predicted octanol–water partition coefficient (Wildman–Crippen LogP) is 3.64. The van der Waals surface area contributed by atoms with Crippen LogP contribution < -0.4 is 11.1 Å². The van der Waals surface area contributed by atoms with Crippen molar-refractivity contribution in [1.82, 2.24) is 0 Å². The monoisotopic (exact) mass is 320 g/mol. The molecule has 0 unspecified atom stereocenters. The Bertz CT molecular complexity index is 596. The first kappa shape index (κ1) is 16.8. The molecule has 3 rings (SSSR count). The van der Waals surface area contributed by atoms with Gasteiger partial charge in [-0.05, 0) is 24.3 Å². The van der Waals surface area contributed by atoms with E-state index in [1.54, 1.807) is 36.4 Å². The van der Waals surface area contributed by atoms with Gasteiger partial charge in [-0.25, -0.2) is 12.1 Å². The van der Waals surface area contributed by atoms with Gasteiger partial charge in [0.1, 0.15) is 0 Å². The average molecular weight is 320 g/mol. The van der Waals surface area contributed by atoms with Gasteiger partial charge >= 0.3 is 0 Å². The standard InChI is InChI=1S/C12H11N2O.C5H5.Fe/c13-10-5-7-11(8-6-10)14-12(15)9-3-1-2-4-9;1-2-4-5-3-1;/h1-8H,13H2,(H,14,15);1-5H;/q-1;-5;. The number of nitrogens with one attached hydrogen (secondary N) is 1. The number of rotatable bonds is 2. The second-order valence-corrected chi connectivity index (χ2v) is 4.21. The first-order valence-electron chi connectivity index (χ1n) is 6.31. The van der Waals surface area contributed by atoms with Crippen molar-refractivity contribution in [3.8, 4) is 0 Å². The average Bonchev–Trinajstić information content (AvgIpc) is 3.17. The van der Waals surface area contributed by atoms with Crippen LogP contribution in [0.1, 0.15) is 10.4 Å². The fourth-order valence-corrected chi connectivity index (χ4v) is 1.62. The minimum absolute atomic E-state index is 0. The largest absolute Gasteiger partial charge is 0.748 e. The van der Waals surface area contributed by atoms with Crippen molar-refractivity contribution in [2.75, 3.05) is 11.1 Å². The van der Waals surface area contributed by atoms with E-state index in [9.17, 15) is 4.79 Å². The summed E-state index contributed by atoms with van der Waals surface area (Å²) in [6.45, 7) is 0. The number of benzene rings is 1. The quantitative estimate of drug-likeness (QED) is 0.430. The maximum atomic E-state index is 11.6. The fraction of sp³-hybridized carbons (Fsp3) is 0. The van der Waals surface area contributed by atoms with Crippen LogP contribution in [0.4, 0.5) is 11.4 Å². The van der Waals surface area contributed by atoms with Crippen LogP contribution in [0.25, 0.3) is 0 Å². The van der Waals surface area contributed by atoms with Crippen LogP contribution in [0.3, 0.4) is 0 Å². The van der Waals surface area contributed by atoms with Crippen LogP contribution in [0, 0.1) is 0 Å². The topological polar surface area (TPSA) is 55.1 Å². The Hall–Kier alpha value is -2.29. The summed E-state index contributed by atoms with van der Waals surface area (Å²) >= 11 is 0. The molecule has 0 atom stereocenters. The summed E-state index contributed by atoms with van der Waals surface area (Å²) < 4.78 is 0. The fourth-order valence-electron chi connectivity index (χ4n) is 1.62. The van der Waals surface area contributed by atoms with E-state index in [2.05, 4.69) is 5.32 Å². The molecule has 3 aromatic rings. The molecule has 0 bridgehead atoms. The van der Waals surface area contributed by atoms with Crippen molar-refractivity contribution >= 4 is 17.3 Å². The van der Waals surface area contributed by atoms with Crippen molar-refractivity contribution < 1.29 is 21.9 Å². The van der Waals surface area contributed by atoms with E-state index in [0.29, 0.717) is 11.3 Å². The molecular formula is C17H16FeN2O-6. The van der Waals surface area contributed by atoms with Gasteiger partial charge in [-0.3, -0.25) is 4.79 Å². The van der Waals surface area contributed by atoms with E-state index in [-0.39, 0.29) is 23.0 Å². The number of hydrogen-bond acceptors (Lipinski definition) is 2. The van der Waals surface area contributed by atoms with Gasteiger partial charge in [0.25, 0.3) is 0 Å². The van der Waals surface area contributed by atoms with E-state index in [0.717, 1.165) is 5.69 Å². The molecule has 3 nitrogen and oxygen atoms in total. The van der Waals surface area contributed by atoms with Crippen LogP contribution in [0.5, 0.6) is 0 Å². The molecule has 0 radical (unpaired) electrons. The third kappa shape index (κ3) is 5.69. The van der Waals surface area contributed by atoms with Crippen molar-refractivity contribution in [2.45, 2.75) is 0 Å². The minimum atomic E-state index is -0.107. The van der Waals surface area contributed by atoms with Crippen LogP contribution in [0.15, 0.2) is 78.9 Å². The number of nitrogens with two attached hydrogens (primary N) is 1. The third-order valence-corrected chi connectivity index (χ3v) is 2.65. The molecule has 0 fully saturated rings. The van der Waals surface area contributed by atoms with Gasteiger partial charge in [0.15, 0.2) is 5.91 Å². The molecule has 0 saturated carbocycles. The number of nitrogen functional groups attached to an aromatic ring is 1. The molecule has 0 aliphatic heterocycles. The minimum Gasteiger partial charge on any atom is -0.748 e. The summed E-state index contributed by atoms with van der Waals surface area (Å²) in [6, 6.07) is 24.3. The maximum absolute atomic E-state index is 11.6. The van der Waals surface area contributed by atoms with Gasteiger partial charge in [0, 0.05) is 28.4 Å². The van der Waals surface area contributed by atoms with Gasteiger partial charge in [0.2, 0.25) is 0 Å². The Labute approximate surface area is 135 Å². The van der Waals surface area contributed by atoms with E-state index in [1.165, 1.54) is 0 Å². The molecule has 3 N–H and O–H groups in total. The molecule has 0 saturated heterocycles. The molecule has 1 amide bonds. The van der Waals surface area contributed by atoms with Crippen LogP contribution in [-0.4, -0.2) is 5.91 Å². The zero-order valence-corrected chi connectivity index (χ0v) is 12.4. The molecule has 0 spiro atoms. The Kier molecular flexibility index (Phi) is 7.02. The molecule has 114 valence electrons. The zero-order valence-electron chi connectivity index (χ0n) is 11.3. The number of carbonyl (C=O) groups is 1. The van der Waals surface area contributed by atoms with Crippen LogP contribution in [-0.2, 0) is 17.1 Å². The molecule has 4 heteroatoms. The molecule has 3 aromatic carbocycles. The van der Waals surface area contributed by atoms with E-state index in [4.69, 9.17) is 5.73 Å². The third-order valence-electron chi connectivity index (χ3n) is 2.65. The Morgan fingerprint density at radius 2 is 1.43 bits per heavy atom. The summed E-state index contributed by atoms with van der Waals surface area (Å²) in [7, 11) is 0. The summed E-state index contributed by atoms with van der Waals surface area (Å²) in [6.07, 6.45) is 0. The number of hydrogen-bond donors (Lipinski definition) is 2. The summed E-state index contributed by atoms with van der Waals surface area (Å²) in [5.41, 5.74) is 7.63. The van der Waals surface area contributed by atoms with Gasteiger partial charge in [0.05, 0.1) is 0 Å². The number of amides is 1. The molecule has 0 aliphatic rings. The Balaban J connectivity index is 0.000000313. The van der Waals surface area contributed by atoms with Gasteiger partial charge in [-0.2, -0.15) is 12.1 Å². The number of anilines is 2. The smallest absolute Gasteiger partial charge is 0.199 e. The van der Waals surface area contributed by atoms with Crippen molar-refractivity contribution in [3.05, 3.63) is 84.4 Å². The Morgan fingerprint density at radius 1 is 0.952 bits per heavy atom. The van der Waals surface area contributed by atoms with Gasteiger partial charge in [-0.15, -0.1) is 0 Å². The van der Waals surface area contributed by atoms with Crippen LogP contribution >= 0.6 is 0 Å². The summed E-state index contributed by atoms with van der Waals surface area (Å²) in [5, 5.41) is 2.78. The van der Waals surface area contributed by atoms with Gasteiger partial charge in [-0.1, -0.05) is 5.56 Å². The van der Waals surface area contributed by atoms with Crippen molar-refractivity contribution in [1.29, 1.82) is 0 Å². The number of carbonyl (C=O) groups excluding carboxylic acids is 1. The Morgan fingerprint density at radius 3 is 1.90 bits per heavy atom. The first-order chi connectivity index (χ1) is 9.75. The van der Waals surface area contributed by atoms with E-state index >= 15 is 0 Å². The second-order valence-electron chi connectivity index (χ2n) is 4.21. The predicted molar refractivity (Wildman–Crippen MR) is 82.9 cm³/mol. The van der Waals surface area contributed by atoms with Crippen LogP contribution in [0.2, 0.25) is 0 Å². The molecule has 0 aromatic heterocycles. The van der Waals surface area contributed by atoms with E-state index < -0.39 is 0 Å². The first-order valence-corrected chi connectivity index (χ1v) is 6.31. The molecular weight excluding hydrogens is 304 g/mol.